The van der Waals surface area contributed by atoms with E-state index in [1.165, 1.54) is 23.1 Å². The van der Waals surface area contributed by atoms with Gasteiger partial charge in [0.2, 0.25) is 0 Å². The van der Waals surface area contributed by atoms with Crippen molar-refractivity contribution in [3.8, 4) is 0 Å². The van der Waals surface area contributed by atoms with Crippen molar-refractivity contribution in [2.75, 3.05) is 6.26 Å². The standard InChI is InChI=1S/C16H14Cl2N4O4S/c1-27(25,26)13-6-5-9(15(18)10(13)7-22-8-19-20-21-22)16(24)14-11(17)3-2-4-12(14)23/h5-6,8H,2-4,7H2,1H3. The van der Waals surface area contributed by atoms with Crippen LogP contribution in [0.25, 0.3) is 0 Å². The maximum absolute atomic E-state index is 12.9. The summed E-state index contributed by atoms with van der Waals surface area (Å²) in [6.07, 6.45) is 3.58. The van der Waals surface area contributed by atoms with E-state index in [2.05, 4.69) is 15.5 Å². The Morgan fingerprint density at radius 2 is 2.00 bits per heavy atom. The summed E-state index contributed by atoms with van der Waals surface area (Å²) >= 11 is 12.5. The highest BCUT2D eigenvalue weighted by Crippen LogP contribution is 2.33. The Balaban J connectivity index is 2.15. The molecular formula is C16H14Cl2N4O4S. The number of hydrogen-bond acceptors (Lipinski definition) is 7. The summed E-state index contributed by atoms with van der Waals surface area (Å²) in [5.41, 5.74) is 0.0816. The van der Waals surface area contributed by atoms with Crippen molar-refractivity contribution >= 4 is 44.6 Å². The number of sulfone groups is 1. The van der Waals surface area contributed by atoms with Crippen LogP contribution in [0.1, 0.15) is 35.2 Å². The van der Waals surface area contributed by atoms with Crippen molar-refractivity contribution in [3.05, 3.63) is 45.2 Å². The minimum atomic E-state index is -3.63. The fraction of sp³-hybridized carbons (Fsp3) is 0.312. The Kier molecular flexibility index (Phi) is 5.45. The molecule has 3 rings (SSSR count). The summed E-state index contributed by atoms with van der Waals surface area (Å²) < 4.78 is 25.5. The highest BCUT2D eigenvalue weighted by Gasteiger charge is 2.30. The van der Waals surface area contributed by atoms with E-state index in [-0.39, 0.29) is 50.4 Å². The molecule has 0 radical (unpaired) electrons. The third-order valence-electron chi connectivity index (χ3n) is 4.13. The maximum atomic E-state index is 12.9. The number of tetrazole rings is 1. The number of ketones is 2. The Morgan fingerprint density at radius 3 is 2.59 bits per heavy atom. The predicted molar refractivity (Wildman–Crippen MR) is 97.5 cm³/mol. The second-order valence-electron chi connectivity index (χ2n) is 6.07. The molecule has 11 heteroatoms. The van der Waals surface area contributed by atoms with Crippen LogP contribution in [-0.2, 0) is 21.2 Å². The number of carbonyl (C=O) groups is 2. The molecule has 0 N–H and O–H groups in total. The minimum Gasteiger partial charge on any atom is -0.294 e. The Morgan fingerprint density at radius 1 is 1.26 bits per heavy atom. The molecule has 0 atom stereocenters. The van der Waals surface area contributed by atoms with Crippen LogP contribution in [0.4, 0.5) is 0 Å². The Bertz CT molecular complexity index is 1060. The number of halogens is 2. The van der Waals surface area contributed by atoms with Gasteiger partial charge < -0.3 is 0 Å². The molecule has 2 aromatic rings. The number of hydrogen-bond donors (Lipinski definition) is 0. The number of rotatable bonds is 5. The maximum Gasteiger partial charge on any atom is 0.199 e. The molecule has 0 amide bonds. The molecule has 142 valence electrons. The third kappa shape index (κ3) is 3.95. The van der Waals surface area contributed by atoms with Gasteiger partial charge in [-0.1, -0.05) is 23.2 Å². The largest absolute Gasteiger partial charge is 0.294 e. The van der Waals surface area contributed by atoms with Crippen molar-refractivity contribution in [2.24, 2.45) is 0 Å². The normalized spacial score (nSPS) is 15.3. The van der Waals surface area contributed by atoms with E-state index < -0.39 is 15.6 Å². The smallest absolute Gasteiger partial charge is 0.199 e. The average molecular weight is 429 g/mol. The van der Waals surface area contributed by atoms with Gasteiger partial charge in [-0.2, -0.15) is 0 Å². The van der Waals surface area contributed by atoms with Crippen molar-refractivity contribution in [3.63, 3.8) is 0 Å². The number of allylic oxidation sites excluding steroid dienone is 2. The topological polar surface area (TPSA) is 112 Å². The van der Waals surface area contributed by atoms with Crippen molar-refractivity contribution in [1.82, 2.24) is 20.2 Å². The van der Waals surface area contributed by atoms with Gasteiger partial charge in [-0.25, -0.2) is 13.1 Å². The molecule has 0 fully saturated rings. The number of aromatic nitrogens is 4. The van der Waals surface area contributed by atoms with Crippen molar-refractivity contribution in [1.29, 1.82) is 0 Å². The van der Waals surface area contributed by atoms with Gasteiger partial charge in [-0.3, -0.25) is 9.59 Å². The third-order valence-corrected chi connectivity index (χ3v) is 6.12. The molecule has 0 saturated carbocycles. The molecule has 1 aromatic carbocycles. The molecule has 27 heavy (non-hydrogen) atoms. The van der Waals surface area contributed by atoms with Crippen LogP contribution < -0.4 is 0 Å². The fourth-order valence-corrected chi connectivity index (χ4v) is 4.50. The molecule has 1 aliphatic rings. The first-order chi connectivity index (χ1) is 12.7. The van der Waals surface area contributed by atoms with Gasteiger partial charge in [-0.05, 0) is 35.4 Å². The van der Waals surface area contributed by atoms with Crippen molar-refractivity contribution < 1.29 is 18.0 Å². The second kappa shape index (κ2) is 7.49. The highest BCUT2D eigenvalue weighted by molar-refractivity contribution is 7.90. The predicted octanol–water partition coefficient (Wildman–Crippen LogP) is 2.21. The van der Waals surface area contributed by atoms with E-state index >= 15 is 0 Å². The molecule has 1 aromatic heterocycles. The lowest BCUT2D eigenvalue weighted by Gasteiger charge is -2.17. The van der Waals surface area contributed by atoms with Crippen LogP contribution >= 0.6 is 23.2 Å². The lowest BCUT2D eigenvalue weighted by Crippen LogP contribution is -2.19. The van der Waals surface area contributed by atoms with Gasteiger partial charge in [0.15, 0.2) is 21.4 Å². The van der Waals surface area contributed by atoms with E-state index in [0.29, 0.717) is 12.8 Å². The van der Waals surface area contributed by atoms with Crippen molar-refractivity contribution in [2.45, 2.75) is 30.7 Å². The first-order valence-corrected chi connectivity index (χ1v) is 10.5. The number of Topliss-reactive ketones (excluding diaryl/α,β-unsaturated/α-hetero) is 2. The van der Waals surface area contributed by atoms with E-state index in [1.807, 2.05) is 0 Å². The van der Waals surface area contributed by atoms with Crippen LogP contribution in [0.3, 0.4) is 0 Å². The van der Waals surface area contributed by atoms with Crippen LogP contribution in [0, 0.1) is 0 Å². The molecule has 0 spiro atoms. The average Bonchev–Trinajstić information content (AvgIpc) is 3.08. The van der Waals surface area contributed by atoms with Crippen LogP contribution in [0.2, 0.25) is 5.02 Å². The molecule has 1 heterocycles. The summed E-state index contributed by atoms with van der Waals surface area (Å²) in [6.45, 7) is -0.0594. The molecule has 0 unspecified atom stereocenters. The number of nitrogens with zero attached hydrogens (tertiary/aromatic N) is 4. The van der Waals surface area contributed by atoms with Gasteiger partial charge in [0.25, 0.3) is 0 Å². The molecule has 0 aliphatic heterocycles. The monoisotopic (exact) mass is 428 g/mol. The van der Waals surface area contributed by atoms with Crippen LogP contribution in [0.15, 0.2) is 34.0 Å². The van der Waals surface area contributed by atoms with E-state index in [4.69, 9.17) is 23.2 Å². The second-order valence-corrected chi connectivity index (χ2v) is 8.89. The zero-order chi connectivity index (χ0) is 19.8. The summed E-state index contributed by atoms with van der Waals surface area (Å²) in [5.74, 6) is -0.964. The molecular weight excluding hydrogens is 415 g/mol. The Labute approximate surface area is 165 Å². The van der Waals surface area contributed by atoms with Gasteiger partial charge in [0, 0.05) is 28.8 Å². The Hall–Kier alpha value is -2.10. The highest BCUT2D eigenvalue weighted by atomic mass is 35.5. The van der Waals surface area contributed by atoms with E-state index in [1.54, 1.807) is 0 Å². The molecule has 0 bridgehead atoms. The van der Waals surface area contributed by atoms with E-state index in [0.717, 1.165) is 6.26 Å². The zero-order valence-electron chi connectivity index (χ0n) is 14.1. The quantitative estimate of drug-likeness (QED) is 0.529. The first kappa shape index (κ1) is 19.7. The first-order valence-electron chi connectivity index (χ1n) is 7.89. The van der Waals surface area contributed by atoms with Crippen LogP contribution in [-0.4, -0.2) is 46.4 Å². The molecule has 0 saturated heterocycles. The summed E-state index contributed by atoms with van der Waals surface area (Å²) in [4.78, 5) is 25.0. The summed E-state index contributed by atoms with van der Waals surface area (Å²) in [7, 11) is -3.63. The SMILES string of the molecule is CS(=O)(=O)c1ccc(C(=O)C2=C(Cl)CCCC2=O)c(Cl)c1Cn1cnnn1. The molecule has 8 nitrogen and oxygen atoms in total. The van der Waals surface area contributed by atoms with Gasteiger partial charge in [0.1, 0.15) is 6.33 Å². The molecule has 1 aliphatic carbocycles. The summed E-state index contributed by atoms with van der Waals surface area (Å²) in [5, 5.41) is 10.8. The number of benzene rings is 1. The lowest BCUT2D eigenvalue weighted by atomic mass is 9.91. The van der Waals surface area contributed by atoms with Gasteiger partial charge in [-0.15, -0.1) is 5.10 Å². The fourth-order valence-electron chi connectivity index (χ4n) is 2.88. The lowest BCUT2D eigenvalue weighted by molar-refractivity contribution is -0.115. The number of carbonyl (C=O) groups excluding carboxylic acids is 2. The van der Waals surface area contributed by atoms with Gasteiger partial charge >= 0.3 is 0 Å². The summed E-state index contributed by atoms with van der Waals surface area (Å²) in [6, 6.07) is 2.58. The zero-order valence-corrected chi connectivity index (χ0v) is 16.5. The minimum absolute atomic E-state index is 0.00976. The van der Waals surface area contributed by atoms with E-state index in [9.17, 15) is 18.0 Å². The van der Waals surface area contributed by atoms with Crippen LogP contribution in [0.5, 0.6) is 0 Å². The van der Waals surface area contributed by atoms with Gasteiger partial charge in [0.05, 0.1) is 22.0 Å².